The Balaban J connectivity index is 2.13. The molecule has 2 aromatic carbocycles. The third-order valence-corrected chi connectivity index (χ3v) is 3.89. The molecular formula is C18H13Cl2N3O. The normalized spacial score (nSPS) is 11.5. The van der Waals surface area contributed by atoms with Crippen LogP contribution < -0.4 is 4.74 Å². The van der Waals surface area contributed by atoms with Gasteiger partial charge in [-0.05, 0) is 37.3 Å². The van der Waals surface area contributed by atoms with Crippen LogP contribution in [0, 0.1) is 11.3 Å². The molecule has 0 fully saturated rings. The van der Waals surface area contributed by atoms with Gasteiger partial charge in [0.25, 0.3) is 0 Å². The monoisotopic (exact) mass is 357 g/mol. The summed E-state index contributed by atoms with van der Waals surface area (Å²) >= 11 is 12.3. The van der Waals surface area contributed by atoms with Crippen molar-refractivity contribution in [1.29, 1.82) is 5.26 Å². The van der Waals surface area contributed by atoms with Crippen LogP contribution >= 0.6 is 23.2 Å². The number of para-hydroxylation sites is 2. The summed E-state index contributed by atoms with van der Waals surface area (Å²) in [6, 6.07) is 13.1. The average Bonchev–Trinajstić information content (AvgIpc) is 2.99. The number of aromatic amines is 1. The Morgan fingerprint density at radius 3 is 2.83 bits per heavy atom. The quantitative estimate of drug-likeness (QED) is 0.641. The van der Waals surface area contributed by atoms with Gasteiger partial charge in [-0.2, -0.15) is 5.26 Å². The first-order chi connectivity index (χ1) is 11.6. The number of halogens is 2. The summed E-state index contributed by atoms with van der Waals surface area (Å²) in [5.41, 5.74) is 2.66. The van der Waals surface area contributed by atoms with Crippen molar-refractivity contribution in [3.05, 3.63) is 57.8 Å². The van der Waals surface area contributed by atoms with Gasteiger partial charge >= 0.3 is 0 Å². The predicted octanol–water partition coefficient (Wildman–Crippen LogP) is 5.33. The van der Waals surface area contributed by atoms with Gasteiger partial charge in [0, 0.05) is 10.6 Å². The van der Waals surface area contributed by atoms with Gasteiger partial charge in [-0.1, -0.05) is 35.3 Å². The van der Waals surface area contributed by atoms with Crippen LogP contribution in [0.4, 0.5) is 0 Å². The molecule has 1 aromatic heterocycles. The summed E-state index contributed by atoms with van der Waals surface area (Å²) in [4.78, 5) is 7.59. The number of imidazole rings is 1. The Bertz CT molecular complexity index is 937. The minimum Gasteiger partial charge on any atom is -0.492 e. The van der Waals surface area contributed by atoms with E-state index < -0.39 is 0 Å². The molecule has 0 spiro atoms. The molecule has 0 bridgehead atoms. The first kappa shape index (κ1) is 16.4. The lowest BCUT2D eigenvalue weighted by Crippen LogP contribution is -1.96. The van der Waals surface area contributed by atoms with Gasteiger partial charge in [-0.15, -0.1) is 0 Å². The van der Waals surface area contributed by atoms with Gasteiger partial charge in [0.15, 0.2) is 0 Å². The highest BCUT2D eigenvalue weighted by molar-refractivity contribution is 6.36. The molecule has 0 aliphatic carbocycles. The lowest BCUT2D eigenvalue weighted by Gasteiger charge is -2.10. The fourth-order valence-corrected chi connectivity index (χ4v) is 2.94. The van der Waals surface area contributed by atoms with E-state index in [4.69, 9.17) is 27.9 Å². The number of aromatic nitrogens is 2. The topological polar surface area (TPSA) is 61.7 Å². The second-order valence-electron chi connectivity index (χ2n) is 5.01. The molecule has 0 saturated carbocycles. The minimum absolute atomic E-state index is 0.366. The summed E-state index contributed by atoms with van der Waals surface area (Å²) in [5.74, 6) is 0.977. The number of allylic oxidation sites excluding steroid dienone is 1. The maximum absolute atomic E-state index is 9.54. The van der Waals surface area contributed by atoms with Crippen molar-refractivity contribution >= 4 is 45.9 Å². The molecule has 3 aromatic rings. The zero-order valence-electron chi connectivity index (χ0n) is 12.8. The molecule has 0 aliphatic rings. The summed E-state index contributed by atoms with van der Waals surface area (Å²) in [6.07, 6.45) is 1.67. The van der Waals surface area contributed by atoms with Gasteiger partial charge in [0.05, 0.1) is 28.2 Å². The molecule has 24 heavy (non-hydrogen) atoms. The number of nitriles is 1. The lowest BCUT2D eigenvalue weighted by atomic mass is 10.1. The molecular weight excluding hydrogens is 345 g/mol. The predicted molar refractivity (Wildman–Crippen MR) is 97.2 cm³/mol. The van der Waals surface area contributed by atoms with Crippen LogP contribution in [0.1, 0.15) is 18.3 Å². The van der Waals surface area contributed by atoms with Gasteiger partial charge in [0.1, 0.15) is 17.6 Å². The van der Waals surface area contributed by atoms with E-state index in [-0.39, 0.29) is 0 Å². The van der Waals surface area contributed by atoms with E-state index in [1.807, 2.05) is 31.2 Å². The zero-order valence-corrected chi connectivity index (χ0v) is 14.3. The second-order valence-corrected chi connectivity index (χ2v) is 5.85. The summed E-state index contributed by atoms with van der Waals surface area (Å²) < 4.78 is 5.59. The van der Waals surface area contributed by atoms with E-state index in [0.717, 1.165) is 11.0 Å². The second kappa shape index (κ2) is 6.96. The number of H-pyrrole nitrogens is 1. The standard InChI is InChI=1S/C18H13Cl2N3O/c1-2-24-17-11(8-13(19)9-14(17)20)7-12(10-21)18-22-15-5-3-4-6-16(15)23-18/h3-9H,2H2,1H3,(H,22,23)/b12-7+. The average molecular weight is 358 g/mol. The third-order valence-electron chi connectivity index (χ3n) is 3.39. The van der Waals surface area contributed by atoms with Gasteiger partial charge in [-0.3, -0.25) is 0 Å². The van der Waals surface area contributed by atoms with Crippen LogP contribution in [0.5, 0.6) is 5.75 Å². The Morgan fingerprint density at radius 2 is 2.12 bits per heavy atom. The van der Waals surface area contributed by atoms with Crippen molar-refractivity contribution in [1.82, 2.24) is 9.97 Å². The molecule has 3 rings (SSSR count). The molecule has 1 N–H and O–H groups in total. The number of ether oxygens (including phenoxy) is 1. The highest BCUT2D eigenvalue weighted by Gasteiger charge is 2.13. The van der Waals surface area contributed by atoms with Crippen molar-refractivity contribution in [2.24, 2.45) is 0 Å². The maximum atomic E-state index is 9.54. The number of nitrogens with one attached hydrogen (secondary N) is 1. The van der Waals surface area contributed by atoms with Gasteiger partial charge < -0.3 is 9.72 Å². The summed E-state index contributed by atoms with van der Waals surface area (Å²) in [6.45, 7) is 2.32. The molecule has 0 radical (unpaired) electrons. The molecule has 4 nitrogen and oxygen atoms in total. The van der Waals surface area contributed by atoms with Crippen LogP contribution in [-0.4, -0.2) is 16.6 Å². The van der Waals surface area contributed by atoms with E-state index in [1.165, 1.54) is 0 Å². The van der Waals surface area contributed by atoms with E-state index in [9.17, 15) is 5.26 Å². The lowest BCUT2D eigenvalue weighted by molar-refractivity contribution is 0.340. The number of rotatable bonds is 4. The molecule has 0 atom stereocenters. The molecule has 0 amide bonds. The first-order valence-corrected chi connectivity index (χ1v) is 8.06. The molecule has 0 saturated heterocycles. The number of fused-ring (bicyclic) bond motifs is 1. The number of nitrogens with zero attached hydrogens (tertiary/aromatic N) is 2. The molecule has 120 valence electrons. The van der Waals surface area contributed by atoms with E-state index >= 15 is 0 Å². The van der Waals surface area contributed by atoms with Gasteiger partial charge in [0.2, 0.25) is 0 Å². The summed E-state index contributed by atoms with van der Waals surface area (Å²) in [7, 11) is 0. The Hall–Kier alpha value is -2.48. The molecule has 0 aliphatic heterocycles. The van der Waals surface area contributed by atoms with Crippen molar-refractivity contribution in [3.63, 3.8) is 0 Å². The largest absolute Gasteiger partial charge is 0.492 e. The number of hydrogen-bond donors (Lipinski definition) is 1. The van der Waals surface area contributed by atoms with Crippen LogP contribution in [0.2, 0.25) is 10.0 Å². The highest BCUT2D eigenvalue weighted by atomic mass is 35.5. The van der Waals surface area contributed by atoms with E-state index in [2.05, 4.69) is 16.0 Å². The van der Waals surface area contributed by atoms with Crippen molar-refractivity contribution in [2.75, 3.05) is 6.61 Å². The van der Waals surface area contributed by atoms with E-state index in [0.29, 0.717) is 39.4 Å². The maximum Gasteiger partial charge on any atom is 0.149 e. The van der Waals surface area contributed by atoms with Crippen molar-refractivity contribution in [2.45, 2.75) is 6.92 Å². The molecule has 6 heteroatoms. The van der Waals surface area contributed by atoms with Crippen molar-refractivity contribution < 1.29 is 4.74 Å². The Labute approximate surface area is 149 Å². The first-order valence-electron chi connectivity index (χ1n) is 7.31. The fraction of sp³-hybridized carbons (Fsp3) is 0.111. The van der Waals surface area contributed by atoms with Crippen LogP contribution in [-0.2, 0) is 0 Å². The summed E-state index contributed by atoms with van der Waals surface area (Å²) in [5, 5.41) is 10.4. The van der Waals surface area contributed by atoms with Crippen LogP contribution in [0.25, 0.3) is 22.7 Å². The third kappa shape index (κ3) is 3.23. The Morgan fingerprint density at radius 1 is 1.33 bits per heavy atom. The smallest absolute Gasteiger partial charge is 0.149 e. The van der Waals surface area contributed by atoms with E-state index in [1.54, 1.807) is 18.2 Å². The van der Waals surface area contributed by atoms with Crippen LogP contribution in [0.3, 0.4) is 0 Å². The molecule has 1 heterocycles. The SMILES string of the molecule is CCOc1c(Cl)cc(Cl)cc1/C=C(\C#N)c1nc2ccccc2[nH]1. The zero-order chi connectivity index (χ0) is 17.1. The van der Waals surface area contributed by atoms with Crippen molar-refractivity contribution in [3.8, 4) is 11.8 Å². The molecule has 0 unspecified atom stereocenters. The fourth-order valence-electron chi connectivity index (χ4n) is 2.37. The number of benzene rings is 2. The number of hydrogen-bond acceptors (Lipinski definition) is 3. The van der Waals surface area contributed by atoms with Gasteiger partial charge in [-0.25, -0.2) is 4.98 Å². The highest BCUT2D eigenvalue weighted by Crippen LogP contribution is 2.34. The minimum atomic E-state index is 0.366. The van der Waals surface area contributed by atoms with Crippen LogP contribution in [0.15, 0.2) is 36.4 Å². The Kier molecular flexibility index (Phi) is 4.75.